The number of carbonyl (C=O) groups excluding carboxylic acids is 1. The summed E-state index contributed by atoms with van der Waals surface area (Å²) in [7, 11) is -3.02. The molecule has 1 saturated heterocycles. The van der Waals surface area contributed by atoms with Crippen LogP contribution in [-0.2, 0) is 9.84 Å². The molecule has 0 bridgehead atoms. The molecule has 3 heterocycles. The van der Waals surface area contributed by atoms with Crippen LogP contribution < -0.4 is 5.32 Å². The molecule has 0 radical (unpaired) electrons. The lowest BCUT2D eigenvalue weighted by atomic mass is 10.2. The van der Waals surface area contributed by atoms with Crippen molar-refractivity contribution in [3.05, 3.63) is 34.8 Å². The number of nitrogens with zero attached hydrogens (tertiary/aromatic N) is 2. The third kappa shape index (κ3) is 3.03. The fraction of sp³-hybridized carbons (Fsp3) is 0.467. The van der Waals surface area contributed by atoms with Gasteiger partial charge in [0, 0.05) is 23.5 Å². The van der Waals surface area contributed by atoms with E-state index in [0.29, 0.717) is 23.6 Å². The Morgan fingerprint density at radius 3 is 2.65 bits per heavy atom. The van der Waals surface area contributed by atoms with Gasteiger partial charge in [-0.05, 0) is 33.3 Å². The van der Waals surface area contributed by atoms with E-state index in [1.807, 2.05) is 18.4 Å². The fourth-order valence-corrected chi connectivity index (χ4v) is 4.65. The second-order valence-corrected chi connectivity index (χ2v) is 8.22. The lowest BCUT2D eigenvalue weighted by molar-refractivity contribution is 0.0940. The van der Waals surface area contributed by atoms with Crippen molar-refractivity contribution in [2.24, 2.45) is 0 Å². The van der Waals surface area contributed by atoms with Crippen LogP contribution in [0.5, 0.6) is 0 Å². The largest absolute Gasteiger partial charge is 0.360 e. The van der Waals surface area contributed by atoms with Gasteiger partial charge in [0.25, 0.3) is 5.91 Å². The highest BCUT2D eigenvalue weighted by Crippen LogP contribution is 2.21. The molecule has 1 aliphatic heterocycles. The normalized spacial score (nSPS) is 19.9. The van der Waals surface area contributed by atoms with E-state index in [0.717, 1.165) is 11.4 Å². The van der Waals surface area contributed by atoms with Gasteiger partial charge in [0.1, 0.15) is 5.76 Å². The van der Waals surface area contributed by atoms with Crippen molar-refractivity contribution in [2.45, 2.75) is 33.2 Å². The molecule has 1 N–H and O–H groups in total. The van der Waals surface area contributed by atoms with E-state index in [9.17, 15) is 13.2 Å². The molecule has 0 unspecified atom stereocenters. The van der Waals surface area contributed by atoms with Crippen molar-refractivity contribution in [2.75, 3.05) is 11.5 Å². The Kier molecular flexibility index (Phi) is 3.79. The molecule has 0 aliphatic carbocycles. The molecule has 3 rings (SSSR count). The Labute approximate surface area is 134 Å². The first kappa shape index (κ1) is 15.8. The quantitative estimate of drug-likeness (QED) is 0.911. The minimum Gasteiger partial charge on any atom is -0.360 e. The molecule has 124 valence electrons. The van der Waals surface area contributed by atoms with Gasteiger partial charge < -0.3 is 9.84 Å². The van der Waals surface area contributed by atoms with Crippen LogP contribution in [0.25, 0.3) is 5.82 Å². The highest BCUT2D eigenvalue weighted by Gasteiger charge is 2.30. The standard InChI is InChI=1S/C15H19N3O4S/c1-9-6-13(11(3)18(9)14-7-10(2)22-17-14)15(19)16-12-4-5-23(20,21)8-12/h6-7,12H,4-5,8H2,1-3H3,(H,16,19)/t12-/m0/s1. The molecule has 0 saturated carbocycles. The van der Waals surface area contributed by atoms with Crippen molar-refractivity contribution in [3.63, 3.8) is 0 Å². The lowest BCUT2D eigenvalue weighted by Gasteiger charge is -2.11. The molecule has 7 nitrogen and oxygen atoms in total. The molecule has 2 aromatic heterocycles. The van der Waals surface area contributed by atoms with Gasteiger partial charge >= 0.3 is 0 Å². The first-order valence-corrected chi connectivity index (χ1v) is 9.23. The first-order valence-electron chi connectivity index (χ1n) is 7.41. The van der Waals surface area contributed by atoms with E-state index in [-0.39, 0.29) is 23.5 Å². The summed E-state index contributed by atoms with van der Waals surface area (Å²) < 4.78 is 29.9. The maximum Gasteiger partial charge on any atom is 0.253 e. The molecule has 23 heavy (non-hydrogen) atoms. The zero-order valence-electron chi connectivity index (χ0n) is 13.3. The average molecular weight is 337 g/mol. The summed E-state index contributed by atoms with van der Waals surface area (Å²) in [6.45, 7) is 5.52. The third-order valence-corrected chi connectivity index (χ3v) is 5.86. The number of amides is 1. The molecule has 0 aromatic carbocycles. The van der Waals surface area contributed by atoms with Crippen LogP contribution in [0.4, 0.5) is 0 Å². The number of aromatic nitrogens is 2. The second-order valence-electron chi connectivity index (χ2n) is 5.99. The topological polar surface area (TPSA) is 94.2 Å². The van der Waals surface area contributed by atoms with Crippen LogP contribution in [0.3, 0.4) is 0 Å². The summed E-state index contributed by atoms with van der Waals surface area (Å²) in [4.78, 5) is 12.5. The summed E-state index contributed by atoms with van der Waals surface area (Å²) >= 11 is 0. The molecule has 1 amide bonds. The SMILES string of the molecule is Cc1cc(-n2c(C)cc(C(=O)N[C@H]3CCS(=O)(=O)C3)c2C)no1. The number of hydrogen-bond donors (Lipinski definition) is 1. The summed E-state index contributed by atoms with van der Waals surface area (Å²) in [5, 5.41) is 6.79. The maximum absolute atomic E-state index is 12.5. The maximum atomic E-state index is 12.5. The monoisotopic (exact) mass is 337 g/mol. The predicted octanol–water partition coefficient (Wildman–Crippen LogP) is 1.31. The van der Waals surface area contributed by atoms with Gasteiger partial charge in [0.05, 0.1) is 17.1 Å². The van der Waals surface area contributed by atoms with Crippen LogP contribution in [0, 0.1) is 20.8 Å². The van der Waals surface area contributed by atoms with Gasteiger partial charge in [-0.2, -0.15) is 0 Å². The van der Waals surface area contributed by atoms with Crippen LogP contribution in [0.15, 0.2) is 16.7 Å². The van der Waals surface area contributed by atoms with Crippen LogP contribution in [0.2, 0.25) is 0 Å². The lowest BCUT2D eigenvalue weighted by Crippen LogP contribution is -2.35. The van der Waals surface area contributed by atoms with Crippen molar-refractivity contribution < 1.29 is 17.7 Å². The van der Waals surface area contributed by atoms with E-state index in [1.165, 1.54) is 0 Å². The molecule has 1 fully saturated rings. The van der Waals surface area contributed by atoms with Gasteiger partial charge in [-0.3, -0.25) is 9.36 Å². The predicted molar refractivity (Wildman–Crippen MR) is 84.6 cm³/mol. The van der Waals surface area contributed by atoms with E-state index in [1.54, 1.807) is 19.1 Å². The van der Waals surface area contributed by atoms with E-state index in [2.05, 4.69) is 10.5 Å². The second kappa shape index (κ2) is 5.52. The smallest absolute Gasteiger partial charge is 0.253 e. The number of carbonyl (C=O) groups is 1. The molecular formula is C15H19N3O4S. The summed E-state index contributed by atoms with van der Waals surface area (Å²) in [5.74, 6) is 1.20. The number of aryl methyl sites for hydroxylation is 2. The molecule has 0 spiro atoms. The summed E-state index contributed by atoms with van der Waals surface area (Å²) in [6, 6.07) is 3.26. The van der Waals surface area contributed by atoms with Crippen LogP contribution in [0.1, 0.15) is 33.9 Å². The molecular weight excluding hydrogens is 318 g/mol. The van der Waals surface area contributed by atoms with Gasteiger partial charge in [0.15, 0.2) is 15.7 Å². The van der Waals surface area contributed by atoms with E-state index in [4.69, 9.17) is 4.52 Å². The van der Waals surface area contributed by atoms with Gasteiger partial charge in [-0.15, -0.1) is 0 Å². The number of sulfone groups is 1. The van der Waals surface area contributed by atoms with Crippen LogP contribution in [-0.4, -0.2) is 41.6 Å². The average Bonchev–Trinajstić information content (AvgIpc) is 3.09. The van der Waals surface area contributed by atoms with Gasteiger partial charge in [0.2, 0.25) is 0 Å². The van der Waals surface area contributed by atoms with Crippen LogP contribution >= 0.6 is 0 Å². The summed E-state index contributed by atoms with van der Waals surface area (Å²) in [5.41, 5.74) is 2.13. The minimum absolute atomic E-state index is 0.0138. The zero-order valence-corrected chi connectivity index (χ0v) is 14.1. The van der Waals surface area contributed by atoms with Gasteiger partial charge in [-0.25, -0.2) is 8.42 Å². The Bertz CT molecular complexity index is 863. The molecule has 1 aliphatic rings. The van der Waals surface area contributed by atoms with Crippen molar-refractivity contribution in [1.82, 2.24) is 15.0 Å². The van der Waals surface area contributed by atoms with Crippen molar-refractivity contribution in [1.29, 1.82) is 0 Å². The van der Waals surface area contributed by atoms with Crippen molar-refractivity contribution in [3.8, 4) is 5.82 Å². The zero-order chi connectivity index (χ0) is 16.8. The minimum atomic E-state index is -3.02. The van der Waals surface area contributed by atoms with E-state index < -0.39 is 9.84 Å². The Balaban J connectivity index is 1.85. The Morgan fingerprint density at radius 2 is 2.09 bits per heavy atom. The molecule has 2 aromatic rings. The number of nitrogens with one attached hydrogen (secondary N) is 1. The van der Waals surface area contributed by atoms with Gasteiger partial charge in [-0.1, -0.05) is 5.16 Å². The highest BCUT2D eigenvalue weighted by atomic mass is 32.2. The van der Waals surface area contributed by atoms with Crippen molar-refractivity contribution >= 4 is 15.7 Å². The number of hydrogen-bond acceptors (Lipinski definition) is 5. The molecule has 8 heteroatoms. The third-order valence-electron chi connectivity index (χ3n) is 4.09. The fourth-order valence-electron chi connectivity index (χ4n) is 2.98. The Morgan fingerprint density at radius 1 is 1.35 bits per heavy atom. The number of rotatable bonds is 3. The highest BCUT2D eigenvalue weighted by molar-refractivity contribution is 7.91. The molecule has 1 atom stereocenters. The Hall–Kier alpha value is -2.09. The van der Waals surface area contributed by atoms with E-state index >= 15 is 0 Å². The first-order chi connectivity index (χ1) is 10.8. The summed E-state index contributed by atoms with van der Waals surface area (Å²) in [6.07, 6.45) is 0.468.